The molecular formula is C19H20ClN3O2. The fraction of sp³-hybridized carbons (Fsp3) is 0.316. The number of rotatable bonds is 3. The van der Waals surface area contributed by atoms with E-state index in [4.69, 9.17) is 11.6 Å². The van der Waals surface area contributed by atoms with E-state index in [2.05, 4.69) is 10.3 Å². The number of nitrogens with one attached hydrogen (secondary N) is 1. The maximum Gasteiger partial charge on any atom is 0.257 e. The quantitative estimate of drug-likeness (QED) is 0.902. The SMILES string of the molecule is O=C(Nc1cccc(Cl)c1)c1cncc(C(=O)N2CCCCCC2)c1. The summed E-state index contributed by atoms with van der Waals surface area (Å²) in [7, 11) is 0. The first-order chi connectivity index (χ1) is 12.1. The number of carbonyl (C=O) groups excluding carboxylic acids is 2. The minimum Gasteiger partial charge on any atom is -0.339 e. The zero-order valence-corrected chi connectivity index (χ0v) is 14.6. The summed E-state index contributed by atoms with van der Waals surface area (Å²) in [6, 6.07) is 8.51. The molecule has 0 saturated carbocycles. The number of hydrogen-bond acceptors (Lipinski definition) is 3. The summed E-state index contributed by atoms with van der Waals surface area (Å²) in [6.45, 7) is 1.52. The molecule has 1 N–H and O–H groups in total. The molecule has 2 heterocycles. The van der Waals surface area contributed by atoms with E-state index in [0.717, 1.165) is 38.8 Å². The number of hydrogen-bond donors (Lipinski definition) is 1. The molecule has 2 amide bonds. The molecular weight excluding hydrogens is 338 g/mol. The van der Waals surface area contributed by atoms with Crippen LogP contribution in [0.25, 0.3) is 0 Å². The lowest BCUT2D eigenvalue weighted by atomic mass is 10.1. The second-order valence-electron chi connectivity index (χ2n) is 6.13. The van der Waals surface area contributed by atoms with Crippen molar-refractivity contribution in [2.45, 2.75) is 25.7 Å². The van der Waals surface area contributed by atoms with Crippen LogP contribution in [0.5, 0.6) is 0 Å². The van der Waals surface area contributed by atoms with Crippen LogP contribution in [0, 0.1) is 0 Å². The summed E-state index contributed by atoms with van der Waals surface area (Å²) >= 11 is 5.93. The van der Waals surface area contributed by atoms with Crippen LogP contribution in [0.15, 0.2) is 42.7 Å². The van der Waals surface area contributed by atoms with Gasteiger partial charge in [0.2, 0.25) is 0 Å². The highest BCUT2D eigenvalue weighted by Crippen LogP contribution is 2.17. The molecule has 5 nitrogen and oxygen atoms in total. The molecule has 1 aliphatic rings. The summed E-state index contributed by atoms with van der Waals surface area (Å²) < 4.78 is 0. The standard InChI is InChI=1S/C19H20ClN3O2/c20-16-6-5-7-17(11-16)22-18(24)14-10-15(13-21-12-14)19(25)23-8-3-1-2-4-9-23/h5-7,10-13H,1-4,8-9H2,(H,22,24). The number of carbonyl (C=O) groups is 2. The molecule has 1 saturated heterocycles. The van der Waals surface area contributed by atoms with E-state index in [1.807, 2.05) is 4.90 Å². The Morgan fingerprint density at radius 2 is 1.72 bits per heavy atom. The summed E-state index contributed by atoms with van der Waals surface area (Å²) in [4.78, 5) is 31.0. The van der Waals surface area contributed by atoms with Crippen molar-refractivity contribution in [2.75, 3.05) is 18.4 Å². The largest absolute Gasteiger partial charge is 0.339 e. The van der Waals surface area contributed by atoms with Gasteiger partial charge in [-0.2, -0.15) is 0 Å². The average Bonchev–Trinajstić information content (AvgIpc) is 2.90. The first kappa shape index (κ1) is 17.4. The topological polar surface area (TPSA) is 62.3 Å². The van der Waals surface area contributed by atoms with Gasteiger partial charge in [0.05, 0.1) is 11.1 Å². The van der Waals surface area contributed by atoms with Crippen LogP contribution in [-0.4, -0.2) is 34.8 Å². The van der Waals surface area contributed by atoms with Gasteiger partial charge in [0, 0.05) is 36.2 Å². The fourth-order valence-corrected chi connectivity index (χ4v) is 3.10. The number of nitrogens with zero attached hydrogens (tertiary/aromatic N) is 2. The highest BCUT2D eigenvalue weighted by molar-refractivity contribution is 6.31. The highest BCUT2D eigenvalue weighted by Gasteiger charge is 2.19. The molecule has 25 heavy (non-hydrogen) atoms. The van der Waals surface area contributed by atoms with Crippen molar-refractivity contribution in [3.8, 4) is 0 Å². The Morgan fingerprint density at radius 1 is 1.00 bits per heavy atom. The smallest absolute Gasteiger partial charge is 0.257 e. The van der Waals surface area contributed by atoms with E-state index in [-0.39, 0.29) is 11.8 Å². The Balaban J connectivity index is 1.74. The van der Waals surface area contributed by atoms with Gasteiger partial charge in [-0.25, -0.2) is 0 Å². The lowest BCUT2D eigenvalue weighted by Gasteiger charge is -2.20. The molecule has 0 bridgehead atoms. The molecule has 1 aromatic heterocycles. The minimum absolute atomic E-state index is 0.0631. The van der Waals surface area contributed by atoms with Gasteiger partial charge in [0.15, 0.2) is 0 Å². The predicted octanol–water partition coefficient (Wildman–Crippen LogP) is 4.00. The molecule has 130 valence electrons. The maximum absolute atomic E-state index is 12.7. The number of halogens is 1. The molecule has 0 unspecified atom stereocenters. The molecule has 0 radical (unpaired) electrons. The second kappa shape index (κ2) is 8.12. The van der Waals surface area contributed by atoms with E-state index < -0.39 is 0 Å². The number of amides is 2. The highest BCUT2D eigenvalue weighted by atomic mass is 35.5. The fourth-order valence-electron chi connectivity index (χ4n) is 2.91. The average molecular weight is 358 g/mol. The van der Waals surface area contributed by atoms with E-state index in [1.54, 1.807) is 30.3 Å². The maximum atomic E-state index is 12.7. The van der Waals surface area contributed by atoms with Crippen LogP contribution >= 0.6 is 11.6 Å². The number of likely N-dealkylation sites (tertiary alicyclic amines) is 1. The molecule has 2 aromatic rings. The first-order valence-electron chi connectivity index (χ1n) is 8.45. The van der Waals surface area contributed by atoms with E-state index in [9.17, 15) is 9.59 Å². The van der Waals surface area contributed by atoms with Crippen molar-refractivity contribution in [1.82, 2.24) is 9.88 Å². The molecule has 1 aromatic carbocycles. The van der Waals surface area contributed by atoms with Crippen molar-refractivity contribution < 1.29 is 9.59 Å². The van der Waals surface area contributed by atoms with Crippen LogP contribution in [0.2, 0.25) is 5.02 Å². The zero-order valence-electron chi connectivity index (χ0n) is 13.9. The van der Waals surface area contributed by atoms with Gasteiger partial charge in [-0.1, -0.05) is 30.5 Å². The molecule has 1 aliphatic heterocycles. The lowest BCUT2D eigenvalue weighted by molar-refractivity contribution is 0.0761. The van der Waals surface area contributed by atoms with E-state index in [1.165, 1.54) is 12.4 Å². The van der Waals surface area contributed by atoms with Gasteiger partial charge >= 0.3 is 0 Å². The van der Waals surface area contributed by atoms with Crippen LogP contribution < -0.4 is 5.32 Å². The third-order valence-corrected chi connectivity index (χ3v) is 4.46. The van der Waals surface area contributed by atoms with E-state index >= 15 is 0 Å². The summed E-state index contributed by atoms with van der Waals surface area (Å²) in [5.41, 5.74) is 1.39. The minimum atomic E-state index is -0.319. The van der Waals surface area contributed by atoms with Crippen molar-refractivity contribution >= 4 is 29.1 Å². The Bertz CT molecular complexity index is 771. The van der Waals surface area contributed by atoms with Crippen molar-refractivity contribution in [3.05, 3.63) is 58.9 Å². The number of aromatic nitrogens is 1. The van der Waals surface area contributed by atoms with Crippen LogP contribution in [0.4, 0.5) is 5.69 Å². The van der Waals surface area contributed by atoms with Crippen LogP contribution in [-0.2, 0) is 0 Å². The van der Waals surface area contributed by atoms with Gasteiger partial charge in [0.1, 0.15) is 0 Å². The number of benzene rings is 1. The summed E-state index contributed by atoms with van der Waals surface area (Å²) in [5, 5.41) is 3.31. The monoisotopic (exact) mass is 357 g/mol. The predicted molar refractivity (Wildman–Crippen MR) is 98.0 cm³/mol. The summed E-state index contributed by atoms with van der Waals surface area (Å²) in [6.07, 6.45) is 7.33. The number of anilines is 1. The number of pyridine rings is 1. The zero-order chi connectivity index (χ0) is 17.6. The molecule has 1 fully saturated rings. The van der Waals surface area contributed by atoms with Crippen molar-refractivity contribution in [2.24, 2.45) is 0 Å². The lowest BCUT2D eigenvalue weighted by Crippen LogP contribution is -2.32. The van der Waals surface area contributed by atoms with Crippen molar-refractivity contribution in [1.29, 1.82) is 0 Å². The van der Waals surface area contributed by atoms with Crippen LogP contribution in [0.1, 0.15) is 46.4 Å². The van der Waals surface area contributed by atoms with Gasteiger partial charge in [-0.15, -0.1) is 0 Å². The normalized spacial score (nSPS) is 14.7. The van der Waals surface area contributed by atoms with Gasteiger partial charge < -0.3 is 10.2 Å². The Morgan fingerprint density at radius 3 is 2.44 bits per heavy atom. The second-order valence-corrected chi connectivity index (χ2v) is 6.57. The molecule has 0 atom stereocenters. The Hall–Kier alpha value is -2.40. The van der Waals surface area contributed by atoms with Gasteiger partial charge in [-0.05, 0) is 37.1 Å². The van der Waals surface area contributed by atoms with Gasteiger partial charge in [-0.3, -0.25) is 14.6 Å². The van der Waals surface area contributed by atoms with Gasteiger partial charge in [0.25, 0.3) is 11.8 Å². The third kappa shape index (κ3) is 4.57. The molecule has 3 rings (SSSR count). The van der Waals surface area contributed by atoms with Crippen molar-refractivity contribution in [3.63, 3.8) is 0 Å². The van der Waals surface area contributed by atoms with E-state index in [0.29, 0.717) is 21.8 Å². The Labute approximate surface area is 152 Å². The Kier molecular flexibility index (Phi) is 5.66. The molecule has 6 heteroatoms. The molecule has 0 aliphatic carbocycles. The summed E-state index contributed by atoms with van der Waals surface area (Å²) in [5.74, 6) is -0.382. The van der Waals surface area contributed by atoms with Crippen LogP contribution in [0.3, 0.4) is 0 Å². The molecule has 0 spiro atoms. The first-order valence-corrected chi connectivity index (χ1v) is 8.82. The third-order valence-electron chi connectivity index (χ3n) is 4.22.